The second kappa shape index (κ2) is 3.46. The van der Waals surface area contributed by atoms with Crippen LogP contribution in [-0.4, -0.2) is 15.8 Å². The average molecular weight is 264 g/mol. The van der Waals surface area contributed by atoms with Gasteiger partial charge in [-0.1, -0.05) is 0 Å². The van der Waals surface area contributed by atoms with Crippen molar-refractivity contribution in [1.29, 1.82) is 0 Å². The first-order valence-electron chi connectivity index (χ1n) is 6.05. The minimum atomic E-state index is -3.57. The van der Waals surface area contributed by atoms with Crippen molar-refractivity contribution >= 4 is 0 Å². The van der Waals surface area contributed by atoms with Crippen molar-refractivity contribution in [3.8, 4) is 17.2 Å². The molecular weight excluding hydrogens is 254 g/mol. The minimum absolute atomic E-state index is 0.0455. The van der Waals surface area contributed by atoms with Gasteiger partial charge in [-0.25, -0.2) is 4.98 Å². The van der Waals surface area contributed by atoms with Crippen molar-refractivity contribution in [3.05, 3.63) is 36.4 Å². The van der Waals surface area contributed by atoms with Crippen LogP contribution in [0.1, 0.15) is 24.5 Å². The predicted molar refractivity (Wildman–Crippen MR) is 61.7 cm³/mol. The van der Waals surface area contributed by atoms with Gasteiger partial charge in [0.2, 0.25) is 0 Å². The van der Waals surface area contributed by atoms with Crippen LogP contribution in [0.4, 0.5) is 8.78 Å². The first-order chi connectivity index (χ1) is 9.11. The van der Waals surface area contributed by atoms with Crippen molar-refractivity contribution in [1.82, 2.24) is 9.55 Å². The molecule has 1 fully saturated rings. The number of rotatable bonds is 2. The summed E-state index contributed by atoms with van der Waals surface area (Å²) in [6.07, 6.45) is 2.38. The van der Waals surface area contributed by atoms with Crippen LogP contribution in [0.2, 0.25) is 0 Å². The van der Waals surface area contributed by atoms with E-state index in [9.17, 15) is 8.78 Å². The number of fused-ring (bicyclic) bond motifs is 1. The molecule has 98 valence electrons. The van der Waals surface area contributed by atoms with E-state index in [-0.39, 0.29) is 11.5 Å². The van der Waals surface area contributed by atoms with Crippen LogP contribution in [0.15, 0.2) is 30.7 Å². The highest BCUT2D eigenvalue weighted by Gasteiger charge is 2.43. The topological polar surface area (TPSA) is 36.3 Å². The van der Waals surface area contributed by atoms with E-state index in [0.29, 0.717) is 5.92 Å². The molecular formula is C13H10F2N2O2. The zero-order chi connectivity index (χ0) is 13.0. The van der Waals surface area contributed by atoms with Gasteiger partial charge in [0.1, 0.15) is 0 Å². The van der Waals surface area contributed by atoms with Crippen LogP contribution in [-0.2, 0) is 0 Å². The molecule has 1 aliphatic carbocycles. The summed E-state index contributed by atoms with van der Waals surface area (Å²) < 4.78 is 36.4. The second-order valence-electron chi connectivity index (χ2n) is 4.78. The lowest BCUT2D eigenvalue weighted by molar-refractivity contribution is -0.286. The lowest BCUT2D eigenvalue weighted by atomic mass is 10.2. The van der Waals surface area contributed by atoms with Crippen LogP contribution >= 0.6 is 0 Å². The normalized spacial score (nSPS) is 19.7. The third-order valence-electron chi connectivity index (χ3n) is 3.28. The number of ether oxygens (including phenoxy) is 2. The molecule has 1 aromatic carbocycles. The van der Waals surface area contributed by atoms with Crippen LogP contribution < -0.4 is 9.47 Å². The summed E-state index contributed by atoms with van der Waals surface area (Å²) >= 11 is 0. The number of alkyl halides is 2. The van der Waals surface area contributed by atoms with Gasteiger partial charge in [0.15, 0.2) is 11.5 Å². The molecule has 0 saturated heterocycles. The Hall–Kier alpha value is -2.11. The number of halogens is 2. The molecule has 6 heteroatoms. The first-order valence-corrected chi connectivity index (χ1v) is 6.05. The molecule has 2 heterocycles. The van der Waals surface area contributed by atoms with Gasteiger partial charge in [0.25, 0.3) is 0 Å². The number of nitrogens with zero attached hydrogens (tertiary/aromatic N) is 2. The van der Waals surface area contributed by atoms with Gasteiger partial charge < -0.3 is 14.0 Å². The highest BCUT2D eigenvalue weighted by atomic mass is 19.3. The van der Waals surface area contributed by atoms with E-state index >= 15 is 0 Å². The molecule has 0 atom stereocenters. The summed E-state index contributed by atoms with van der Waals surface area (Å²) in [5.74, 6) is 0.653. The lowest BCUT2D eigenvalue weighted by Crippen LogP contribution is -2.25. The Labute approximate surface area is 107 Å². The van der Waals surface area contributed by atoms with E-state index in [1.54, 1.807) is 17.0 Å². The van der Waals surface area contributed by atoms with E-state index in [1.807, 2.05) is 6.20 Å². The fourth-order valence-corrected chi connectivity index (χ4v) is 2.17. The summed E-state index contributed by atoms with van der Waals surface area (Å²) in [4.78, 5) is 4.32. The highest BCUT2D eigenvalue weighted by Crippen LogP contribution is 2.42. The van der Waals surface area contributed by atoms with E-state index in [1.165, 1.54) is 25.0 Å². The van der Waals surface area contributed by atoms with Gasteiger partial charge in [0, 0.05) is 18.2 Å². The molecule has 0 unspecified atom stereocenters. The first kappa shape index (κ1) is 10.8. The maximum absolute atomic E-state index is 12.9. The van der Waals surface area contributed by atoms with Gasteiger partial charge in [-0.15, -0.1) is 8.78 Å². The maximum atomic E-state index is 12.9. The number of hydrogen-bond acceptors (Lipinski definition) is 3. The predicted octanol–water partition coefficient (Wildman–Crippen LogP) is 3.07. The van der Waals surface area contributed by atoms with Gasteiger partial charge in [-0.2, -0.15) is 0 Å². The largest absolute Gasteiger partial charge is 0.586 e. The molecule has 1 aliphatic heterocycles. The van der Waals surface area contributed by atoms with Crippen LogP contribution in [0, 0.1) is 0 Å². The molecule has 19 heavy (non-hydrogen) atoms. The van der Waals surface area contributed by atoms with Gasteiger partial charge in [0.05, 0.1) is 17.7 Å². The van der Waals surface area contributed by atoms with Crippen LogP contribution in [0.5, 0.6) is 11.5 Å². The van der Waals surface area contributed by atoms with E-state index in [4.69, 9.17) is 0 Å². The quantitative estimate of drug-likeness (QED) is 0.836. The molecule has 2 aliphatic rings. The Morgan fingerprint density at radius 1 is 1.21 bits per heavy atom. The summed E-state index contributed by atoms with van der Waals surface area (Å²) in [6, 6.07) is 4.69. The number of hydrogen-bond donors (Lipinski definition) is 0. The highest BCUT2D eigenvalue weighted by molar-refractivity contribution is 5.50. The fourth-order valence-electron chi connectivity index (χ4n) is 2.17. The average Bonchev–Trinajstić information content (AvgIpc) is 2.99. The standard InChI is InChI=1S/C13H10F2N2O2/c14-13(15)18-11-4-3-9(5-12(11)19-13)17-6-10(16-7-17)8-1-2-8/h3-8H,1-2H2. The molecule has 0 bridgehead atoms. The summed E-state index contributed by atoms with van der Waals surface area (Å²) in [7, 11) is 0. The summed E-state index contributed by atoms with van der Waals surface area (Å²) in [6.45, 7) is 0. The van der Waals surface area contributed by atoms with Crippen molar-refractivity contribution in [2.45, 2.75) is 25.1 Å². The Morgan fingerprint density at radius 3 is 2.79 bits per heavy atom. The Morgan fingerprint density at radius 2 is 2.00 bits per heavy atom. The maximum Gasteiger partial charge on any atom is 0.586 e. The van der Waals surface area contributed by atoms with Gasteiger partial charge >= 0.3 is 6.29 Å². The van der Waals surface area contributed by atoms with Gasteiger partial charge in [-0.3, -0.25) is 0 Å². The summed E-state index contributed by atoms with van der Waals surface area (Å²) in [5, 5.41) is 0. The van der Waals surface area contributed by atoms with Crippen LogP contribution in [0.3, 0.4) is 0 Å². The molecule has 4 rings (SSSR count). The number of benzene rings is 1. The molecule has 2 aromatic rings. The zero-order valence-electron chi connectivity index (χ0n) is 9.85. The Bertz CT molecular complexity index is 650. The summed E-state index contributed by atoms with van der Waals surface area (Å²) in [5.41, 5.74) is 1.77. The lowest BCUT2D eigenvalue weighted by Gasteiger charge is -2.04. The monoisotopic (exact) mass is 264 g/mol. The molecule has 0 radical (unpaired) electrons. The van der Waals surface area contributed by atoms with Crippen molar-refractivity contribution < 1.29 is 18.3 Å². The van der Waals surface area contributed by atoms with E-state index in [2.05, 4.69) is 14.5 Å². The Balaban J connectivity index is 1.68. The van der Waals surface area contributed by atoms with Crippen molar-refractivity contribution in [2.24, 2.45) is 0 Å². The molecule has 1 aromatic heterocycles. The fraction of sp³-hybridized carbons (Fsp3) is 0.308. The SMILES string of the molecule is FC1(F)Oc2ccc(-n3cnc(C4CC4)c3)cc2O1. The molecule has 0 spiro atoms. The number of imidazole rings is 1. The molecule has 4 nitrogen and oxygen atoms in total. The molecule has 1 saturated carbocycles. The second-order valence-corrected chi connectivity index (χ2v) is 4.78. The minimum Gasteiger partial charge on any atom is -0.395 e. The molecule has 0 N–H and O–H groups in total. The van der Waals surface area contributed by atoms with Crippen molar-refractivity contribution in [3.63, 3.8) is 0 Å². The van der Waals surface area contributed by atoms with Crippen LogP contribution in [0.25, 0.3) is 5.69 Å². The van der Waals surface area contributed by atoms with Crippen molar-refractivity contribution in [2.75, 3.05) is 0 Å². The van der Waals surface area contributed by atoms with E-state index in [0.717, 1.165) is 11.4 Å². The third-order valence-corrected chi connectivity index (χ3v) is 3.28. The zero-order valence-corrected chi connectivity index (χ0v) is 9.85. The number of aromatic nitrogens is 2. The smallest absolute Gasteiger partial charge is 0.395 e. The van der Waals surface area contributed by atoms with E-state index < -0.39 is 6.29 Å². The molecule has 0 amide bonds. The third kappa shape index (κ3) is 1.83. The van der Waals surface area contributed by atoms with Gasteiger partial charge in [-0.05, 0) is 25.0 Å². The Kier molecular flexibility index (Phi) is 1.97.